The second kappa shape index (κ2) is 8.65. The maximum absolute atomic E-state index is 12.8. The normalized spacial score (nSPS) is 18.4. The summed E-state index contributed by atoms with van der Waals surface area (Å²) in [7, 11) is 1.64. The average Bonchev–Trinajstić information content (AvgIpc) is 3.11. The molecule has 7 heteroatoms. The van der Waals surface area contributed by atoms with Gasteiger partial charge in [0, 0.05) is 24.5 Å². The number of para-hydroxylation sites is 1. The third kappa shape index (κ3) is 4.32. The van der Waals surface area contributed by atoms with Gasteiger partial charge in [0.05, 0.1) is 12.7 Å². The molecule has 1 aliphatic heterocycles. The monoisotopic (exact) mass is 381 g/mol. The van der Waals surface area contributed by atoms with E-state index in [0.717, 1.165) is 42.3 Å². The number of halogens is 1. The Bertz CT molecular complexity index is 720. The molecule has 2 unspecified atom stereocenters. The molecule has 0 spiro atoms. The van der Waals surface area contributed by atoms with Crippen LogP contribution in [0.5, 0.6) is 5.75 Å². The van der Waals surface area contributed by atoms with Crippen molar-refractivity contribution in [3.8, 4) is 16.3 Å². The largest absolute Gasteiger partial charge is 0.496 e. The smallest absolute Gasteiger partial charge is 0.273 e. The van der Waals surface area contributed by atoms with Crippen molar-refractivity contribution in [1.82, 2.24) is 9.88 Å². The van der Waals surface area contributed by atoms with E-state index in [0.29, 0.717) is 11.6 Å². The highest BCUT2D eigenvalue weighted by Gasteiger charge is 2.27. The Morgan fingerprint density at radius 1 is 1.44 bits per heavy atom. The summed E-state index contributed by atoms with van der Waals surface area (Å²) in [6.07, 6.45) is 2.09. The van der Waals surface area contributed by atoms with Gasteiger partial charge >= 0.3 is 0 Å². The Labute approximate surface area is 158 Å². The van der Waals surface area contributed by atoms with Gasteiger partial charge in [-0.15, -0.1) is 23.7 Å². The molecule has 1 aromatic carbocycles. The Kier molecular flexibility index (Phi) is 6.81. The second-order valence-corrected chi connectivity index (χ2v) is 7.11. The molecular formula is C18H24ClN3O2S. The molecule has 3 rings (SSSR count). The van der Waals surface area contributed by atoms with Crippen LogP contribution in [0, 0.1) is 5.92 Å². The number of nitrogens with two attached hydrogens (primary N) is 1. The number of piperidine rings is 1. The van der Waals surface area contributed by atoms with E-state index in [1.807, 2.05) is 41.5 Å². The number of hydrogen-bond acceptors (Lipinski definition) is 5. The number of carbonyl (C=O) groups excluding carboxylic acids is 1. The number of hydrogen-bond donors (Lipinski definition) is 1. The number of amides is 1. The predicted octanol–water partition coefficient (Wildman–Crippen LogP) is 3.44. The number of nitrogens with zero attached hydrogens (tertiary/aromatic N) is 2. The summed E-state index contributed by atoms with van der Waals surface area (Å²) in [5.74, 6) is 1.13. The number of aromatic nitrogens is 1. The number of rotatable bonds is 4. The molecule has 0 radical (unpaired) electrons. The lowest BCUT2D eigenvalue weighted by molar-refractivity contribution is 0.0656. The molecule has 1 saturated heterocycles. The summed E-state index contributed by atoms with van der Waals surface area (Å²) in [5, 5.41) is 2.64. The van der Waals surface area contributed by atoms with Gasteiger partial charge in [-0.1, -0.05) is 12.1 Å². The van der Waals surface area contributed by atoms with E-state index in [1.54, 1.807) is 7.11 Å². The number of carbonyl (C=O) groups is 1. The fourth-order valence-electron chi connectivity index (χ4n) is 3.10. The highest BCUT2D eigenvalue weighted by Crippen LogP contribution is 2.32. The van der Waals surface area contributed by atoms with Crippen molar-refractivity contribution < 1.29 is 9.53 Å². The molecule has 0 aliphatic carbocycles. The zero-order valence-corrected chi connectivity index (χ0v) is 16.1. The standard InChI is InChI=1S/C18H23N3O2S.ClH/c1-12(19)13-6-5-9-21(10-13)18(22)15-11-24-17(20-15)14-7-3-4-8-16(14)23-2;/h3-4,7-8,11-13H,5-6,9-10,19H2,1-2H3;1H. The van der Waals surface area contributed by atoms with Gasteiger partial charge in [-0.05, 0) is 37.8 Å². The molecule has 1 amide bonds. The van der Waals surface area contributed by atoms with Crippen LogP contribution in [0.25, 0.3) is 10.6 Å². The van der Waals surface area contributed by atoms with E-state index in [-0.39, 0.29) is 24.4 Å². The molecule has 2 N–H and O–H groups in total. The van der Waals surface area contributed by atoms with Gasteiger partial charge in [-0.25, -0.2) is 4.98 Å². The Hall–Kier alpha value is -1.63. The lowest BCUT2D eigenvalue weighted by atomic mass is 9.92. The van der Waals surface area contributed by atoms with Gasteiger partial charge in [0.1, 0.15) is 16.5 Å². The minimum absolute atomic E-state index is 0. The molecule has 2 atom stereocenters. The number of ether oxygens (including phenoxy) is 1. The maximum Gasteiger partial charge on any atom is 0.273 e. The molecule has 0 bridgehead atoms. The third-order valence-electron chi connectivity index (χ3n) is 4.55. The highest BCUT2D eigenvalue weighted by atomic mass is 35.5. The third-order valence-corrected chi connectivity index (χ3v) is 5.42. The van der Waals surface area contributed by atoms with Gasteiger partial charge in [-0.2, -0.15) is 0 Å². The van der Waals surface area contributed by atoms with E-state index >= 15 is 0 Å². The molecule has 1 aromatic heterocycles. The first-order chi connectivity index (χ1) is 11.6. The van der Waals surface area contributed by atoms with Crippen LogP contribution in [0.4, 0.5) is 0 Å². The van der Waals surface area contributed by atoms with Crippen molar-refractivity contribution in [2.24, 2.45) is 11.7 Å². The molecule has 1 fully saturated rings. The van der Waals surface area contributed by atoms with E-state index in [4.69, 9.17) is 10.5 Å². The first-order valence-electron chi connectivity index (χ1n) is 8.24. The van der Waals surface area contributed by atoms with Crippen LogP contribution in [0.15, 0.2) is 29.6 Å². The van der Waals surface area contributed by atoms with Crippen molar-refractivity contribution in [3.05, 3.63) is 35.3 Å². The van der Waals surface area contributed by atoms with Gasteiger partial charge in [0.25, 0.3) is 5.91 Å². The van der Waals surface area contributed by atoms with E-state index in [9.17, 15) is 4.79 Å². The number of likely N-dealkylation sites (tertiary alicyclic amines) is 1. The molecule has 0 saturated carbocycles. The van der Waals surface area contributed by atoms with Gasteiger partial charge < -0.3 is 15.4 Å². The highest BCUT2D eigenvalue weighted by molar-refractivity contribution is 7.13. The fourth-order valence-corrected chi connectivity index (χ4v) is 3.93. The van der Waals surface area contributed by atoms with Crippen LogP contribution in [0.3, 0.4) is 0 Å². The molecule has 1 aliphatic rings. The lowest BCUT2D eigenvalue weighted by Gasteiger charge is -2.34. The summed E-state index contributed by atoms with van der Waals surface area (Å²) in [6, 6.07) is 7.83. The molecule has 5 nitrogen and oxygen atoms in total. The maximum atomic E-state index is 12.8. The van der Waals surface area contributed by atoms with Crippen LogP contribution < -0.4 is 10.5 Å². The van der Waals surface area contributed by atoms with Crippen LogP contribution in [-0.2, 0) is 0 Å². The Morgan fingerprint density at radius 2 is 2.20 bits per heavy atom. The molecule has 2 heterocycles. The minimum atomic E-state index is -0.00209. The van der Waals surface area contributed by atoms with Crippen LogP contribution >= 0.6 is 23.7 Å². The van der Waals surface area contributed by atoms with Crippen molar-refractivity contribution in [1.29, 1.82) is 0 Å². The van der Waals surface area contributed by atoms with E-state index in [2.05, 4.69) is 4.98 Å². The van der Waals surface area contributed by atoms with Gasteiger partial charge in [0.2, 0.25) is 0 Å². The summed E-state index contributed by atoms with van der Waals surface area (Å²) in [5.41, 5.74) is 7.43. The second-order valence-electron chi connectivity index (χ2n) is 6.25. The Morgan fingerprint density at radius 3 is 2.92 bits per heavy atom. The van der Waals surface area contributed by atoms with Crippen LogP contribution in [0.1, 0.15) is 30.3 Å². The molecule has 136 valence electrons. The summed E-state index contributed by atoms with van der Waals surface area (Å²) in [4.78, 5) is 19.2. The SMILES string of the molecule is COc1ccccc1-c1nc(C(=O)N2CCCC(C(C)N)C2)cs1.Cl. The first-order valence-corrected chi connectivity index (χ1v) is 9.12. The van der Waals surface area contributed by atoms with Crippen LogP contribution in [-0.4, -0.2) is 42.0 Å². The zero-order chi connectivity index (χ0) is 17.1. The first kappa shape index (κ1) is 19.7. The van der Waals surface area contributed by atoms with Crippen molar-refractivity contribution >= 4 is 29.7 Å². The summed E-state index contributed by atoms with van der Waals surface area (Å²) < 4.78 is 5.38. The number of methoxy groups -OCH3 is 1. The molecule has 2 aromatic rings. The van der Waals surface area contributed by atoms with Gasteiger partial charge in [-0.3, -0.25) is 4.79 Å². The predicted molar refractivity (Wildman–Crippen MR) is 104 cm³/mol. The lowest BCUT2D eigenvalue weighted by Crippen LogP contribution is -2.45. The van der Waals surface area contributed by atoms with E-state index < -0.39 is 0 Å². The summed E-state index contributed by atoms with van der Waals surface area (Å²) in [6.45, 7) is 3.52. The quantitative estimate of drug-likeness (QED) is 0.880. The van der Waals surface area contributed by atoms with Crippen molar-refractivity contribution in [3.63, 3.8) is 0 Å². The fraction of sp³-hybridized carbons (Fsp3) is 0.444. The zero-order valence-electron chi connectivity index (χ0n) is 14.5. The van der Waals surface area contributed by atoms with Crippen LogP contribution in [0.2, 0.25) is 0 Å². The number of benzene rings is 1. The summed E-state index contributed by atoms with van der Waals surface area (Å²) >= 11 is 1.47. The van der Waals surface area contributed by atoms with Crippen molar-refractivity contribution in [2.45, 2.75) is 25.8 Å². The Balaban J connectivity index is 0.00000225. The molecular weight excluding hydrogens is 358 g/mol. The number of thiazole rings is 1. The molecule has 25 heavy (non-hydrogen) atoms. The van der Waals surface area contributed by atoms with E-state index in [1.165, 1.54) is 11.3 Å². The van der Waals surface area contributed by atoms with Crippen molar-refractivity contribution in [2.75, 3.05) is 20.2 Å². The average molecular weight is 382 g/mol. The topological polar surface area (TPSA) is 68.5 Å². The van der Waals surface area contributed by atoms with Gasteiger partial charge in [0.15, 0.2) is 0 Å². The minimum Gasteiger partial charge on any atom is -0.496 e.